The molecule has 26 heavy (non-hydrogen) atoms. The van der Waals surface area contributed by atoms with Crippen LogP contribution >= 0.6 is 0 Å². The summed E-state index contributed by atoms with van der Waals surface area (Å²) in [5.41, 5.74) is 1.41. The first-order valence-corrected chi connectivity index (χ1v) is 9.05. The highest BCUT2D eigenvalue weighted by Gasteiger charge is 2.56. The van der Waals surface area contributed by atoms with Crippen molar-refractivity contribution in [3.05, 3.63) is 40.8 Å². The molecular formula is C19H23N5O2. The Kier molecular flexibility index (Phi) is 4.01. The lowest BCUT2D eigenvalue weighted by Gasteiger charge is -2.62. The number of hydrogen-bond donors (Lipinski definition) is 2. The molecule has 0 unspecified atom stereocenters. The van der Waals surface area contributed by atoms with Gasteiger partial charge in [-0.25, -0.2) is 9.67 Å². The van der Waals surface area contributed by atoms with E-state index in [4.69, 9.17) is 0 Å². The summed E-state index contributed by atoms with van der Waals surface area (Å²) in [6, 6.07) is 6.99. The van der Waals surface area contributed by atoms with Gasteiger partial charge in [0.1, 0.15) is 12.4 Å². The molecule has 3 saturated carbocycles. The number of pyridine rings is 1. The van der Waals surface area contributed by atoms with Gasteiger partial charge in [-0.1, -0.05) is 0 Å². The van der Waals surface area contributed by atoms with Crippen LogP contribution in [-0.4, -0.2) is 32.3 Å². The van der Waals surface area contributed by atoms with Crippen molar-refractivity contribution in [1.29, 1.82) is 0 Å². The van der Waals surface area contributed by atoms with Crippen LogP contribution in [0.15, 0.2) is 35.3 Å². The van der Waals surface area contributed by atoms with Crippen molar-refractivity contribution in [2.75, 3.05) is 5.32 Å². The van der Waals surface area contributed by atoms with Crippen molar-refractivity contribution in [2.45, 2.75) is 51.2 Å². The summed E-state index contributed by atoms with van der Waals surface area (Å²) in [6.07, 6.45) is 5.50. The Balaban J connectivity index is 1.49. The third kappa shape index (κ3) is 3.21. The van der Waals surface area contributed by atoms with E-state index in [-0.39, 0.29) is 29.6 Å². The van der Waals surface area contributed by atoms with Gasteiger partial charge in [0.15, 0.2) is 0 Å². The molecule has 7 nitrogen and oxygen atoms in total. The van der Waals surface area contributed by atoms with Crippen molar-refractivity contribution in [1.82, 2.24) is 20.1 Å². The Hall–Kier alpha value is -2.70. The van der Waals surface area contributed by atoms with Crippen LogP contribution in [0.1, 0.15) is 33.1 Å². The second kappa shape index (κ2) is 6.23. The maximum absolute atomic E-state index is 12.0. The Morgan fingerprint density at radius 1 is 1.27 bits per heavy atom. The van der Waals surface area contributed by atoms with E-state index in [1.165, 1.54) is 30.0 Å². The molecular weight excluding hydrogens is 330 g/mol. The molecule has 7 heteroatoms. The summed E-state index contributed by atoms with van der Waals surface area (Å²) in [5, 5.41) is 10.6. The molecule has 0 spiro atoms. The van der Waals surface area contributed by atoms with E-state index in [0.717, 1.165) is 17.3 Å². The van der Waals surface area contributed by atoms with Crippen LogP contribution in [0.4, 0.5) is 5.82 Å². The van der Waals surface area contributed by atoms with Gasteiger partial charge >= 0.3 is 0 Å². The zero-order valence-corrected chi connectivity index (χ0v) is 15.0. The second-order valence-corrected chi connectivity index (χ2v) is 7.75. The molecule has 2 aromatic rings. The first-order valence-electron chi connectivity index (χ1n) is 9.05. The van der Waals surface area contributed by atoms with Gasteiger partial charge in [-0.05, 0) is 57.2 Å². The number of anilines is 1. The van der Waals surface area contributed by atoms with Gasteiger partial charge in [0, 0.05) is 29.4 Å². The lowest BCUT2D eigenvalue weighted by atomic mass is 9.50. The van der Waals surface area contributed by atoms with Crippen LogP contribution < -0.4 is 16.2 Å². The summed E-state index contributed by atoms with van der Waals surface area (Å²) in [7, 11) is 0. The second-order valence-electron chi connectivity index (χ2n) is 7.75. The maximum atomic E-state index is 12.0. The molecule has 2 bridgehead atoms. The van der Waals surface area contributed by atoms with E-state index in [1.807, 2.05) is 26.0 Å². The Morgan fingerprint density at radius 3 is 2.62 bits per heavy atom. The van der Waals surface area contributed by atoms with Crippen molar-refractivity contribution in [3.8, 4) is 11.3 Å². The maximum Gasteiger partial charge on any atom is 0.267 e. The van der Waals surface area contributed by atoms with Gasteiger partial charge in [-0.2, -0.15) is 5.10 Å². The number of amides is 1. The summed E-state index contributed by atoms with van der Waals surface area (Å²) in [5.74, 6) is 1.56. The SMILES string of the molecule is CC(C)NC(=O)Cn1nc(-c2ccc(NC34CC(C3)C4)nc2)ccc1=O. The molecule has 0 atom stereocenters. The average Bonchev–Trinajstić information content (AvgIpc) is 2.52. The van der Waals surface area contributed by atoms with Crippen molar-refractivity contribution >= 4 is 11.7 Å². The number of aromatic nitrogens is 3. The Bertz CT molecular complexity index is 871. The van der Waals surface area contributed by atoms with Crippen LogP contribution in [0.5, 0.6) is 0 Å². The summed E-state index contributed by atoms with van der Waals surface area (Å²) in [6.45, 7) is 3.65. The monoisotopic (exact) mass is 353 g/mol. The van der Waals surface area contributed by atoms with Crippen LogP contribution in [0.3, 0.4) is 0 Å². The number of nitrogens with one attached hydrogen (secondary N) is 2. The Morgan fingerprint density at radius 2 is 2.04 bits per heavy atom. The van der Waals surface area contributed by atoms with Crippen LogP contribution in [0, 0.1) is 5.92 Å². The molecule has 2 N–H and O–H groups in total. The standard InChI is InChI=1S/C19H23N5O2/c1-12(2)21-17(25)11-24-18(26)6-4-15(23-24)14-3-5-16(20-10-14)22-19-7-13(8-19)9-19/h3-6,10,12-13H,7-9,11H2,1-2H3,(H,20,22)(H,21,25). The molecule has 2 heterocycles. The highest BCUT2D eigenvalue weighted by atomic mass is 16.2. The van der Waals surface area contributed by atoms with E-state index in [0.29, 0.717) is 5.69 Å². The average molecular weight is 353 g/mol. The third-order valence-corrected chi connectivity index (χ3v) is 5.10. The number of rotatable bonds is 6. The van der Waals surface area contributed by atoms with Crippen molar-refractivity contribution < 1.29 is 4.79 Å². The first-order chi connectivity index (χ1) is 12.4. The zero-order valence-electron chi connectivity index (χ0n) is 15.0. The molecule has 0 aliphatic heterocycles. The van der Waals surface area contributed by atoms with Gasteiger partial charge in [-0.3, -0.25) is 9.59 Å². The molecule has 3 fully saturated rings. The summed E-state index contributed by atoms with van der Waals surface area (Å²) < 4.78 is 1.18. The minimum Gasteiger partial charge on any atom is -0.365 e. The lowest BCUT2D eigenvalue weighted by Crippen LogP contribution is -2.63. The van der Waals surface area contributed by atoms with Gasteiger partial charge < -0.3 is 10.6 Å². The first kappa shape index (κ1) is 16.8. The fourth-order valence-electron chi connectivity index (χ4n) is 3.74. The van der Waals surface area contributed by atoms with E-state index >= 15 is 0 Å². The van der Waals surface area contributed by atoms with Crippen LogP contribution in [0.25, 0.3) is 11.3 Å². The zero-order chi connectivity index (χ0) is 18.3. The van der Waals surface area contributed by atoms with Crippen LogP contribution in [0.2, 0.25) is 0 Å². The van der Waals surface area contributed by atoms with Gasteiger partial charge in [0.25, 0.3) is 5.56 Å². The van der Waals surface area contributed by atoms with E-state index in [1.54, 1.807) is 12.3 Å². The normalized spacial score (nSPS) is 23.1. The molecule has 2 aromatic heterocycles. The highest BCUT2D eigenvalue weighted by molar-refractivity contribution is 5.75. The fraction of sp³-hybridized carbons (Fsp3) is 0.474. The predicted molar refractivity (Wildman–Crippen MR) is 98.7 cm³/mol. The molecule has 5 rings (SSSR count). The topological polar surface area (TPSA) is 88.9 Å². The van der Waals surface area contributed by atoms with E-state index in [9.17, 15) is 9.59 Å². The van der Waals surface area contributed by atoms with Crippen molar-refractivity contribution in [3.63, 3.8) is 0 Å². The van der Waals surface area contributed by atoms with Gasteiger partial charge in [0.2, 0.25) is 5.91 Å². The molecule has 0 saturated heterocycles. The molecule has 3 aliphatic carbocycles. The molecule has 136 valence electrons. The third-order valence-electron chi connectivity index (χ3n) is 5.10. The summed E-state index contributed by atoms with van der Waals surface area (Å²) in [4.78, 5) is 28.4. The summed E-state index contributed by atoms with van der Waals surface area (Å²) >= 11 is 0. The minimum atomic E-state index is -0.303. The fourth-order valence-corrected chi connectivity index (χ4v) is 3.74. The van der Waals surface area contributed by atoms with E-state index in [2.05, 4.69) is 20.7 Å². The lowest BCUT2D eigenvalue weighted by molar-refractivity contribution is -0.122. The van der Waals surface area contributed by atoms with Gasteiger partial charge in [-0.15, -0.1) is 0 Å². The number of nitrogens with zero attached hydrogens (tertiary/aromatic N) is 3. The van der Waals surface area contributed by atoms with Crippen LogP contribution in [-0.2, 0) is 11.3 Å². The molecule has 0 radical (unpaired) electrons. The van der Waals surface area contributed by atoms with Crippen molar-refractivity contribution in [2.24, 2.45) is 5.92 Å². The largest absolute Gasteiger partial charge is 0.365 e. The molecule has 0 aromatic carbocycles. The smallest absolute Gasteiger partial charge is 0.267 e. The quantitative estimate of drug-likeness (QED) is 0.827. The highest BCUT2D eigenvalue weighted by Crippen LogP contribution is 2.58. The minimum absolute atomic E-state index is 0.0201. The van der Waals surface area contributed by atoms with E-state index < -0.39 is 0 Å². The molecule has 3 aliphatic rings. The molecule has 1 amide bonds. The number of carbonyl (C=O) groups is 1. The van der Waals surface area contributed by atoms with Gasteiger partial charge in [0.05, 0.1) is 5.69 Å². The predicted octanol–water partition coefficient (Wildman–Crippen LogP) is 1.79. The Labute approximate surface area is 151 Å². The number of carbonyl (C=O) groups excluding carboxylic acids is 1. The number of hydrogen-bond acceptors (Lipinski definition) is 5.